The predicted molar refractivity (Wildman–Crippen MR) is 81.6 cm³/mol. The van der Waals surface area contributed by atoms with Crippen molar-refractivity contribution in [1.82, 2.24) is 19.9 Å². The van der Waals surface area contributed by atoms with Crippen molar-refractivity contribution >= 4 is 17.4 Å². The van der Waals surface area contributed by atoms with Gasteiger partial charge in [0.05, 0.1) is 12.3 Å². The van der Waals surface area contributed by atoms with Crippen LogP contribution >= 0.6 is 0 Å². The molecule has 1 fully saturated rings. The Kier molecular flexibility index (Phi) is 3.84. The summed E-state index contributed by atoms with van der Waals surface area (Å²) in [7, 11) is 0. The maximum atomic E-state index is 12.3. The van der Waals surface area contributed by atoms with E-state index in [2.05, 4.69) is 20.3 Å². The van der Waals surface area contributed by atoms with Gasteiger partial charge in [0.15, 0.2) is 5.65 Å². The van der Waals surface area contributed by atoms with Crippen LogP contribution < -0.4 is 15.8 Å². The number of carbonyl (C=O) groups excluding carboxylic acids is 1. The highest BCUT2D eigenvalue weighted by Gasteiger charge is 2.22. The van der Waals surface area contributed by atoms with E-state index in [9.17, 15) is 9.59 Å². The van der Waals surface area contributed by atoms with Crippen molar-refractivity contribution in [1.29, 1.82) is 0 Å². The molecule has 0 unspecified atom stereocenters. The number of anilines is 1. The molecule has 0 atom stereocenters. The van der Waals surface area contributed by atoms with E-state index in [1.807, 2.05) is 0 Å². The van der Waals surface area contributed by atoms with Gasteiger partial charge in [0, 0.05) is 32.2 Å². The first-order valence-corrected chi connectivity index (χ1v) is 7.37. The maximum Gasteiger partial charge on any atom is 0.343 e. The molecule has 8 nitrogen and oxygen atoms in total. The molecule has 8 heteroatoms. The summed E-state index contributed by atoms with van der Waals surface area (Å²) >= 11 is 0. The average molecular weight is 305 g/mol. The van der Waals surface area contributed by atoms with Crippen molar-refractivity contribution in [3.05, 3.63) is 27.7 Å². The molecule has 0 amide bonds. The van der Waals surface area contributed by atoms with Crippen LogP contribution in [0.2, 0.25) is 0 Å². The zero-order valence-corrected chi connectivity index (χ0v) is 12.7. The van der Waals surface area contributed by atoms with Gasteiger partial charge in [0.2, 0.25) is 0 Å². The van der Waals surface area contributed by atoms with Crippen LogP contribution in [0.15, 0.2) is 10.9 Å². The van der Waals surface area contributed by atoms with Gasteiger partial charge >= 0.3 is 5.97 Å². The number of esters is 1. The van der Waals surface area contributed by atoms with Crippen LogP contribution in [0.1, 0.15) is 23.0 Å². The first-order valence-electron chi connectivity index (χ1n) is 7.37. The summed E-state index contributed by atoms with van der Waals surface area (Å²) in [5.74, 6) is 0.229. The van der Waals surface area contributed by atoms with Gasteiger partial charge in [-0.3, -0.25) is 4.79 Å². The highest BCUT2D eigenvalue weighted by Crippen LogP contribution is 2.17. The lowest BCUT2D eigenvalue weighted by Crippen LogP contribution is -2.44. The standard InChI is InChI=1S/C14H19N5O3/c1-3-22-14(21)12-9(2)17-19-11(20)8-10(16-13(12)19)18-6-4-15-5-7-18/h8,15-16H,3-7H2,1-2H3. The van der Waals surface area contributed by atoms with Gasteiger partial charge in [-0.2, -0.15) is 9.61 Å². The maximum absolute atomic E-state index is 12.3. The van der Waals surface area contributed by atoms with Gasteiger partial charge in [0.25, 0.3) is 5.56 Å². The highest BCUT2D eigenvalue weighted by molar-refractivity contribution is 5.97. The van der Waals surface area contributed by atoms with Crippen LogP contribution in [0.4, 0.5) is 5.82 Å². The van der Waals surface area contributed by atoms with Crippen molar-refractivity contribution in [3.63, 3.8) is 0 Å². The minimum atomic E-state index is -0.469. The molecule has 22 heavy (non-hydrogen) atoms. The van der Waals surface area contributed by atoms with Gasteiger partial charge < -0.3 is 19.9 Å². The van der Waals surface area contributed by atoms with Gasteiger partial charge in [-0.05, 0) is 13.8 Å². The van der Waals surface area contributed by atoms with Gasteiger partial charge in [-0.1, -0.05) is 0 Å². The monoisotopic (exact) mass is 305 g/mol. The molecule has 1 saturated heterocycles. The minimum Gasteiger partial charge on any atom is -0.462 e. The zero-order valence-electron chi connectivity index (χ0n) is 12.7. The van der Waals surface area contributed by atoms with E-state index >= 15 is 0 Å². The molecule has 1 aliphatic heterocycles. The van der Waals surface area contributed by atoms with Crippen molar-refractivity contribution in [2.24, 2.45) is 0 Å². The third kappa shape index (κ3) is 2.45. The Bertz CT molecular complexity index is 758. The lowest BCUT2D eigenvalue weighted by atomic mass is 10.2. The Balaban J connectivity index is 2.12. The summed E-state index contributed by atoms with van der Waals surface area (Å²) in [5.41, 5.74) is 0.915. The van der Waals surface area contributed by atoms with E-state index in [-0.39, 0.29) is 12.2 Å². The number of carbonyl (C=O) groups is 1. The molecule has 0 aliphatic carbocycles. The fourth-order valence-corrected chi connectivity index (χ4v) is 2.66. The zero-order chi connectivity index (χ0) is 15.7. The summed E-state index contributed by atoms with van der Waals surface area (Å²) in [6, 6.07) is 1.51. The Morgan fingerprint density at radius 2 is 2.14 bits per heavy atom. The van der Waals surface area contributed by atoms with Crippen LogP contribution in [0.25, 0.3) is 5.65 Å². The molecule has 2 N–H and O–H groups in total. The van der Waals surface area contributed by atoms with E-state index in [1.54, 1.807) is 13.8 Å². The summed E-state index contributed by atoms with van der Waals surface area (Å²) in [4.78, 5) is 29.6. The first kappa shape index (κ1) is 14.6. The summed E-state index contributed by atoms with van der Waals surface area (Å²) < 4.78 is 6.28. The van der Waals surface area contributed by atoms with E-state index < -0.39 is 5.97 Å². The number of aromatic amines is 1. The molecule has 118 valence electrons. The lowest BCUT2D eigenvalue weighted by molar-refractivity contribution is 0.0527. The van der Waals surface area contributed by atoms with E-state index in [0.29, 0.717) is 22.7 Å². The number of rotatable bonds is 3. The fourth-order valence-electron chi connectivity index (χ4n) is 2.66. The summed E-state index contributed by atoms with van der Waals surface area (Å²) in [6.45, 7) is 7.02. The fraction of sp³-hybridized carbons (Fsp3) is 0.500. The molecule has 3 heterocycles. The summed E-state index contributed by atoms with van der Waals surface area (Å²) in [5, 5.41) is 7.40. The molecular formula is C14H19N5O3. The molecule has 0 saturated carbocycles. The number of aryl methyl sites for hydroxylation is 1. The third-order valence-corrected chi connectivity index (χ3v) is 3.71. The lowest BCUT2D eigenvalue weighted by Gasteiger charge is -2.28. The van der Waals surface area contributed by atoms with E-state index in [4.69, 9.17) is 4.74 Å². The smallest absolute Gasteiger partial charge is 0.343 e. The molecule has 2 aromatic rings. The number of aromatic nitrogens is 3. The predicted octanol–water partition coefficient (Wildman–Crippen LogP) is -0.0827. The molecule has 0 bridgehead atoms. The molecule has 2 aromatic heterocycles. The minimum absolute atomic E-state index is 0.263. The number of ether oxygens (including phenoxy) is 1. The number of hydrogen-bond acceptors (Lipinski definition) is 6. The number of H-pyrrole nitrogens is 1. The largest absolute Gasteiger partial charge is 0.462 e. The number of hydrogen-bond donors (Lipinski definition) is 2. The second-order valence-electron chi connectivity index (χ2n) is 5.17. The molecule has 3 rings (SSSR count). The van der Waals surface area contributed by atoms with Crippen LogP contribution in [0.3, 0.4) is 0 Å². The third-order valence-electron chi connectivity index (χ3n) is 3.71. The summed E-state index contributed by atoms with van der Waals surface area (Å²) in [6.07, 6.45) is 0. The number of nitrogens with one attached hydrogen (secondary N) is 2. The van der Waals surface area contributed by atoms with Crippen LogP contribution in [-0.2, 0) is 4.74 Å². The Labute approximate surface area is 127 Å². The van der Waals surface area contributed by atoms with E-state index in [0.717, 1.165) is 26.2 Å². The van der Waals surface area contributed by atoms with Gasteiger partial charge in [0.1, 0.15) is 11.4 Å². The molecular weight excluding hydrogens is 286 g/mol. The topological polar surface area (TPSA) is 91.7 Å². The Hall–Kier alpha value is -2.35. The van der Waals surface area contributed by atoms with E-state index in [1.165, 1.54) is 10.6 Å². The van der Waals surface area contributed by atoms with Crippen molar-refractivity contribution in [2.75, 3.05) is 37.7 Å². The van der Waals surface area contributed by atoms with Gasteiger partial charge in [-0.15, -0.1) is 0 Å². The molecule has 0 aromatic carbocycles. The van der Waals surface area contributed by atoms with Crippen molar-refractivity contribution in [2.45, 2.75) is 13.8 Å². The number of fused-ring (bicyclic) bond motifs is 1. The Morgan fingerprint density at radius 1 is 1.41 bits per heavy atom. The first-order chi connectivity index (χ1) is 10.6. The van der Waals surface area contributed by atoms with Crippen LogP contribution in [0, 0.1) is 6.92 Å². The normalized spacial score (nSPS) is 15.3. The second-order valence-corrected chi connectivity index (χ2v) is 5.17. The Morgan fingerprint density at radius 3 is 2.82 bits per heavy atom. The quantitative estimate of drug-likeness (QED) is 0.771. The number of nitrogens with zero attached hydrogens (tertiary/aromatic N) is 3. The SMILES string of the molecule is CCOC(=O)c1c(C)nn2c(=O)cc(N3CCNCC3)[nH]c12. The second kappa shape index (κ2) is 5.80. The van der Waals surface area contributed by atoms with Crippen LogP contribution in [0.5, 0.6) is 0 Å². The number of piperazine rings is 1. The van der Waals surface area contributed by atoms with Crippen LogP contribution in [-0.4, -0.2) is 53.4 Å². The highest BCUT2D eigenvalue weighted by atomic mass is 16.5. The van der Waals surface area contributed by atoms with Crippen molar-refractivity contribution < 1.29 is 9.53 Å². The molecule has 0 spiro atoms. The molecule has 1 aliphatic rings. The average Bonchev–Trinajstić information content (AvgIpc) is 2.85. The van der Waals surface area contributed by atoms with Crippen molar-refractivity contribution in [3.8, 4) is 0 Å². The molecule has 0 radical (unpaired) electrons. The van der Waals surface area contributed by atoms with Gasteiger partial charge in [-0.25, -0.2) is 4.79 Å².